The molecule has 0 aromatic carbocycles. The first-order valence-corrected chi connectivity index (χ1v) is 2.32. The maximum Gasteiger partial charge on any atom is 0 e. The monoisotopic (exact) mass is 246 g/mol. The van der Waals surface area contributed by atoms with E-state index in [0.29, 0.717) is 0 Å². The minimum Gasteiger partial charge on any atom is -0.330 e. The van der Waals surface area contributed by atoms with Gasteiger partial charge >= 0.3 is 0 Å². The molecule has 3 heteroatoms. The van der Waals surface area contributed by atoms with Crippen LogP contribution in [0.1, 0.15) is 12.8 Å². The summed E-state index contributed by atoms with van der Waals surface area (Å²) < 4.78 is 0. The van der Waals surface area contributed by atoms with Crippen LogP contribution >= 0.6 is 0 Å². The molecule has 0 unspecified atom stereocenters. The number of nitrogens with two attached hydrogens (primary N) is 2. The molecule has 0 saturated carbocycles. The van der Waals surface area contributed by atoms with Gasteiger partial charge in [-0.15, -0.1) is 0 Å². The van der Waals surface area contributed by atoms with Gasteiger partial charge in [0, 0.05) is 39.9 Å². The molecule has 0 bridgehead atoms. The first kappa shape index (κ1) is 11.1. The summed E-state index contributed by atoms with van der Waals surface area (Å²) in [4.78, 5) is 0. The minimum atomic E-state index is 0. The summed E-state index contributed by atoms with van der Waals surface area (Å²) in [5.41, 5.74) is 10.3. The average Bonchev–Trinajstić information content (AvgIpc) is 1.61. The Labute approximate surface area is 76.7 Å². The molecule has 0 aromatic heterocycles. The fourth-order valence-electron chi connectivity index (χ4n) is 0.289. The van der Waals surface area contributed by atoms with E-state index in [1.807, 2.05) is 0 Å². The van der Waals surface area contributed by atoms with Crippen LogP contribution < -0.4 is 11.5 Å². The van der Waals surface area contributed by atoms with Crippen LogP contribution in [-0.2, 0) is 0 Å². The summed E-state index contributed by atoms with van der Waals surface area (Å²) in [5.74, 6) is 0. The van der Waals surface area contributed by atoms with Gasteiger partial charge in [0.15, 0.2) is 0 Å². The maximum atomic E-state index is 5.16. The van der Waals surface area contributed by atoms with Crippen LogP contribution in [0, 0.1) is 39.9 Å². The van der Waals surface area contributed by atoms with Gasteiger partial charge in [-0.3, -0.25) is 0 Å². The summed E-state index contributed by atoms with van der Waals surface area (Å²) in [6.07, 6.45) is 2.13. The Bertz CT molecular complexity index is 21.7. The number of rotatable bonds is 3. The third-order valence-electron chi connectivity index (χ3n) is 0.658. The molecule has 0 aliphatic rings. The number of unbranched alkanes of at least 4 members (excludes halogenated alkanes) is 1. The molecule has 0 rings (SSSR count). The predicted molar refractivity (Wildman–Crippen MR) is 27.3 cm³/mol. The van der Waals surface area contributed by atoms with Gasteiger partial charge in [-0.1, -0.05) is 0 Å². The van der Waals surface area contributed by atoms with E-state index < -0.39 is 0 Å². The third kappa shape index (κ3) is 11.1. The van der Waals surface area contributed by atoms with Gasteiger partial charge in [0.05, 0.1) is 0 Å². The Morgan fingerprint density at radius 3 is 1.29 bits per heavy atom. The van der Waals surface area contributed by atoms with Crippen molar-refractivity contribution in [2.45, 2.75) is 12.8 Å². The molecule has 4 N–H and O–H groups in total. The molecule has 0 aromatic rings. The largest absolute Gasteiger partial charge is 0.330 e. The molecule has 7 heavy (non-hydrogen) atoms. The Morgan fingerprint density at radius 2 is 1.14 bits per heavy atom. The first-order valence-electron chi connectivity index (χ1n) is 2.32. The van der Waals surface area contributed by atoms with Crippen molar-refractivity contribution in [1.82, 2.24) is 0 Å². The average molecular weight is 245 g/mol. The molecule has 0 amide bonds. The molecule has 0 spiro atoms. The molecule has 2 nitrogen and oxygen atoms in total. The van der Waals surface area contributed by atoms with E-state index in [-0.39, 0.29) is 39.9 Å². The van der Waals surface area contributed by atoms with Gasteiger partial charge in [0.2, 0.25) is 0 Å². The van der Waals surface area contributed by atoms with E-state index in [9.17, 15) is 0 Å². The Morgan fingerprint density at radius 1 is 0.857 bits per heavy atom. The van der Waals surface area contributed by atoms with Crippen molar-refractivity contribution in [2.24, 2.45) is 11.5 Å². The zero-order valence-electron chi connectivity index (χ0n) is 4.34. The molecule has 0 saturated heterocycles. The molecule has 0 aliphatic heterocycles. The molecular weight excluding hydrogens is 233 g/mol. The van der Waals surface area contributed by atoms with Crippen LogP contribution in [0.4, 0.5) is 0 Å². The molecule has 0 heterocycles. The van der Waals surface area contributed by atoms with E-state index in [2.05, 4.69) is 0 Å². The smallest absolute Gasteiger partial charge is 0 e. The van der Waals surface area contributed by atoms with Crippen molar-refractivity contribution in [3.63, 3.8) is 0 Å². The third-order valence-corrected chi connectivity index (χ3v) is 0.658. The van der Waals surface area contributed by atoms with Crippen molar-refractivity contribution >= 4 is 0 Å². The van der Waals surface area contributed by atoms with Crippen LogP contribution in [0.5, 0.6) is 0 Å². The van der Waals surface area contributed by atoms with Gasteiger partial charge < -0.3 is 11.5 Å². The van der Waals surface area contributed by atoms with Gasteiger partial charge in [-0.2, -0.15) is 0 Å². The van der Waals surface area contributed by atoms with Crippen LogP contribution in [0.3, 0.4) is 0 Å². The van der Waals surface area contributed by atoms with E-state index in [0.717, 1.165) is 25.9 Å². The van der Waals surface area contributed by atoms with Crippen molar-refractivity contribution < 1.29 is 39.9 Å². The van der Waals surface area contributed by atoms with Crippen molar-refractivity contribution in [3.05, 3.63) is 0 Å². The van der Waals surface area contributed by atoms with Crippen molar-refractivity contribution in [3.8, 4) is 0 Å². The minimum absolute atomic E-state index is 0. The molecule has 0 radical (unpaired) electrons. The molecule has 0 aliphatic carbocycles. The van der Waals surface area contributed by atoms with Crippen LogP contribution in [0.25, 0.3) is 0 Å². The van der Waals surface area contributed by atoms with Gasteiger partial charge in [-0.25, -0.2) is 0 Å². The van der Waals surface area contributed by atoms with Crippen molar-refractivity contribution in [2.75, 3.05) is 13.1 Å². The zero-order chi connectivity index (χ0) is 4.83. The normalized spacial score (nSPS) is 7.71. The fourth-order valence-corrected chi connectivity index (χ4v) is 0.289. The van der Waals surface area contributed by atoms with Gasteiger partial charge in [0.25, 0.3) is 0 Å². The summed E-state index contributed by atoms with van der Waals surface area (Å²) in [6, 6.07) is 0. The second-order valence-corrected chi connectivity index (χ2v) is 1.28. The molecule has 0 atom stereocenters. The topological polar surface area (TPSA) is 52.0 Å². The number of hydrogen-bond acceptors (Lipinski definition) is 2. The quantitative estimate of drug-likeness (QED) is 0.670. The van der Waals surface area contributed by atoms with E-state index >= 15 is 0 Å². The molecule has 46 valence electrons. The van der Waals surface area contributed by atoms with Gasteiger partial charge in [0.1, 0.15) is 0 Å². The van der Waals surface area contributed by atoms with E-state index in [4.69, 9.17) is 11.5 Å². The summed E-state index contributed by atoms with van der Waals surface area (Å²) in [7, 11) is 0. The van der Waals surface area contributed by atoms with Gasteiger partial charge in [-0.05, 0) is 25.9 Å². The number of hydrogen-bond donors (Lipinski definition) is 2. The Hall–Kier alpha value is 1.24. The van der Waals surface area contributed by atoms with E-state index in [1.165, 1.54) is 0 Å². The van der Waals surface area contributed by atoms with Crippen LogP contribution in [0.15, 0.2) is 0 Å². The summed E-state index contributed by atoms with van der Waals surface area (Å²) in [6.45, 7) is 1.55. The molecular formula is C4H12GdN2. The van der Waals surface area contributed by atoms with Crippen molar-refractivity contribution in [1.29, 1.82) is 0 Å². The first-order chi connectivity index (χ1) is 2.91. The van der Waals surface area contributed by atoms with Crippen LogP contribution in [0.2, 0.25) is 0 Å². The standard InChI is InChI=1S/C4H12N2.Gd/c5-3-1-2-4-6;/h1-6H2;. The second-order valence-electron chi connectivity index (χ2n) is 1.28. The summed E-state index contributed by atoms with van der Waals surface area (Å²) in [5, 5.41) is 0. The fraction of sp³-hybridized carbons (Fsp3) is 1.00. The second kappa shape index (κ2) is 10.3. The van der Waals surface area contributed by atoms with Crippen LogP contribution in [-0.4, -0.2) is 13.1 Å². The SMILES string of the molecule is NCCCCN.[Gd]. The maximum absolute atomic E-state index is 5.16. The molecule has 0 fully saturated rings. The Balaban J connectivity index is 0. The zero-order valence-corrected chi connectivity index (χ0v) is 6.61. The van der Waals surface area contributed by atoms with E-state index in [1.54, 1.807) is 0 Å². The summed E-state index contributed by atoms with van der Waals surface area (Å²) >= 11 is 0. The Kier molecular flexibility index (Phi) is 16.3. The predicted octanol–water partition coefficient (Wildman–Crippen LogP) is -0.316.